The van der Waals surface area contributed by atoms with Gasteiger partial charge in [0.05, 0.1) is 16.8 Å². The Morgan fingerprint density at radius 3 is 2.12 bits per heavy atom. The molecule has 0 radical (unpaired) electrons. The number of hydrogen-bond acceptors (Lipinski definition) is 4. The van der Waals surface area contributed by atoms with Gasteiger partial charge in [-0.25, -0.2) is 9.78 Å². The van der Waals surface area contributed by atoms with Gasteiger partial charge in [-0.1, -0.05) is 71.3 Å². The van der Waals surface area contributed by atoms with Crippen molar-refractivity contribution in [3.63, 3.8) is 0 Å². The van der Waals surface area contributed by atoms with Crippen LogP contribution in [-0.4, -0.2) is 22.8 Å². The maximum Gasteiger partial charge on any atom is 0.339 e. The van der Waals surface area contributed by atoms with Gasteiger partial charge in [0.1, 0.15) is 0 Å². The van der Waals surface area contributed by atoms with E-state index in [1.54, 1.807) is 37.3 Å². The Bertz CT molecular complexity index is 1360. The number of ether oxygens (including phenoxy) is 1. The zero-order valence-electron chi connectivity index (χ0n) is 19.0. The average Bonchev–Trinajstić information content (AvgIpc) is 2.79. The molecule has 3 aromatic carbocycles. The summed E-state index contributed by atoms with van der Waals surface area (Å²) in [6.07, 6.45) is -0.940. The highest BCUT2D eigenvalue weighted by Crippen LogP contribution is 2.32. The normalized spacial score (nSPS) is 11.9. The number of aryl methyl sites for hydroxylation is 2. The van der Waals surface area contributed by atoms with Gasteiger partial charge in [0.2, 0.25) is 5.78 Å². The second-order valence-corrected chi connectivity index (χ2v) is 8.70. The topological polar surface area (TPSA) is 56.3 Å². The van der Waals surface area contributed by atoms with E-state index in [-0.39, 0.29) is 5.78 Å². The lowest BCUT2D eigenvalue weighted by atomic mass is 9.97. The number of ketones is 1. The van der Waals surface area contributed by atoms with Gasteiger partial charge in [0.15, 0.2) is 6.10 Å². The van der Waals surface area contributed by atoms with Gasteiger partial charge in [-0.05, 0) is 51.5 Å². The van der Waals surface area contributed by atoms with E-state index < -0.39 is 12.1 Å². The molecule has 0 fully saturated rings. The van der Waals surface area contributed by atoms with Crippen molar-refractivity contribution < 1.29 is 14.3 Å². The van der Waals surface area contributed by atoms with E-state index in [0.717, 1.165) is 16.7 Å². The third kappa shape index (κ3) is 4.67. The van der Waals surface area contributed by atoms with E-state index in [1.807, 2.05) is 57.2 Å². The highest BCUT2D eigenvalue weighted by atomic mass is 35.5. The summed E-state index contributed by atoms with van der Waals surface area (Å²) >= 11 is 6.24. The lowest BCUT2D eigenvalue weighted by Crippen LogP contribution is -2.25. The smallest absolute Gasteiger partial charge is 0.339 e. The molecule has 4 nitrogen and oxygen atoms in total. The van der Waals surface area contributed by atoms with Gasteiger partial charge in [-0.15, -0.1) is 0 Å². The first-order valence-electron chi connectivity index (χ1n) is 10.7. The van der Waals surface area contributed by atoms with Crippen molar-refractivity contribution in [2.24, 2.45) is 0 Å². The first kappa shape index (κ1) is 22.7. The number of halogens is 1. The van der Waals surface area contributed by atoms with E-state index in [1.165, 1.54) is 0 Å². The fraction of sp³-hybridized carbons (Fsp3) is 0.179. The molecule has 33 heavy (non-hydrogen) atoms. The second kappa shape index (κ2) is 9.16. The van der Waals surface area contributed by atoms with Crippen LogP contribution in [0, 0.1) is 20.8 Å². The van der Waals surface area contributed by atoms with Gasteiger partial charge in [-0.3, -0.25) is 4.79 Å². The fourth-order valence-electron chi connectivity index (χ4n) is 3.81. The van der Waals surface area contributed by atoms with Crippen LogP contribution in [-0.2, 0) is 4.74 Å². The third-order valence-electron chi connectivity index (χ3n) is 5.71. The molecule has 0 bridgehead atoms. The summed E-state index contributed by atoms with van der Waals surface area (Å²) < 4.78 is 5.66. The maximum atomic E-state index is 13.4. The van der Waals surface area contributed by atoms with E-state index in [9.17, 15) is 9.59 Å². The lowest BCUT2D eigenvalue weighted by molar-refractivity contribution is 0.0320. The van der Waals surface area contributed by atoms with Crippen molar-refractivity contribution in [3.05, 3.63) is 99.6 Å². The summed E-state index contributed by atoms with van der Waals surface area (Å²) in [4.78, 5) is 31.0. The molecule has 0 aliphatic heterocycles. The number of hydrogen-bond donors (Lipinski definition) is 0. The van der Waals surface area contributed by atoms with E-state index >= 15 is 0 Å². The Labute approximate surface area is 198 Å². The number of esters is 1. The van der Waals surface area contributed by atoms with Gasteiger partial charge in [-0.2, -0.15) is 0 Å². The quantitative estimate of drug-likeness (QED) is 0.241. The number of fused-ring (bicyclic) bond motifs is 1. The molecule has 1 atom stereocenters. The predicted octanol–water partition coefficient (Wildman–Crippen LogP) is 6.91. The standard InChI is InChI=1S/C28H24ClNO3/c1-16-5-9-20(10-6-16)26-18(3)25(23-15-22(29)13-14-24(23)30-26)28(32)33-19(4)27(31)21-11-7-17(2)8-12-21/h5-15,19H,1-4H3/t19-/m1/s1. The van der Waals surface area contributed by atoms with E-state index in [4.69, 9.17) is 21.3 Å². The van der Waals surface area contributed by atoms with Crippen LogP contribution in [0.3, 0.4) is 0 Å². The summed E-state index contributed by atoms with van der Waals surface area (Å²) in [5.74, 6) is -0.834. The number of pyridine rings is 1. The van der Waals surface area contributed by atoms with Crippen LogP contribution in [0.2, 0.25) is 5.02 Å². The summed E-state index contributed by atoms with van der Waals surface area (Å²) in [5.41, 5.74) is 5.94. The Morgan fingerprint density at radius 1 is 0.879 bits per heavy atom. The number of Topliss-reactive ketones (excluding diaryl/α,β-unsaturated/α-hetero) is 1. The number of carbonyl (C=O) groups is 2. The Balaban J connectivity index is 1.76. The molecular weight excluding hydrogens is 434 g/mol. The molecule has 1 aromatic heterocycles. The van der Waals surface area contributed by atoms with Crippen molar-refractivity contribution in [2.75, 3.05) is 0 Å². The molecule has 4 aromatic rings. The number of rotatable bonds is 5. The van der Waals surface area contributed by atoms with E-state index in [2.05, 4.69) is 0 Å². The molecule has 0 spiro atoms. The lowest BCUT2D eigenvalue weighted by Gasteiger charge is -2.17. The molecule has 0 amide bonds. The zero-order chi connectivity index (χ0) is 23.7. The van der Waals surface area contributed by atoms with Crippen molar-refractivity contribution in [1.29, 1.82) is 0 Å². The van der Waals surface area contributed by atoms with Crippen molar-refractivity contribution >= 4 is 34.3 Å². The van der Waals surface area contributed by atoms with Crippen LogP contribution in [0.1, 0.15) is 44.3 Å². The summed E-state index contributed by atoms with van der Waals surface area (Å²) in [6.45, 7) is 7.39. The number of aromatic nitrogens is 1. The molecular formula is C28H24ClNO3. The van der Waals surface area contributed by atoms with Crippen molar-refractivity contribution in [1.82, 2.24) is 4.98 Å². The molecule has 0 aliphatic carbocycles. The summed E-state index contributed by atoms with van der Waals surface area (Å²) in [7, 11) is 0. The van der Waals surface area contributed by atoms with Crippen LogP contribution >= 0.6 is 11.6 Å². The molecule has 0 saturated heterocycles. The maximum absolute atomic E-state index is 13.4. The molecule has 4 rings (SSSR count). The van der Waals surface area contributed by atoms with Crippen LogP contribution in [0.15, 0.2) is 66.7 Å². The first-order valence-corrected chi connectivity index (χ1v) is 11.1. The molecule has 166 valence electrons. The number of benzene rings is 3. The molecule has 0 aliphatic rings. The number of nitrogens with zero attached hydrogens (tertiary/aromatic N) is 1. The largest absolute Gasteiger partial charge is 0.451 e. The highest BCUT2D eigenvalue weighted by Gasteiger charge is 2.25. The van der Waals surface area contributed by atoms with Gasteiger partial charge >= 0.3 is 5.97 Å². The zero-order valence-corrected chi connectivity index (χ0v) is 19.7. The minimum absolute atomic E-state index is 0.254. The monoisotopic (exact) mass is 457 g/mol. The van der Waals surface area contributed by atoms with Crippen LogP contribution in [0.25, 0.3) is 22.2 Å². The van der Waals surface area contributed by atoms with Crippen LogP contribution in [0.4, 0.5) is 0 Å². The van der Waals surface area contributed by atoms with Crippen molar-refractivity contribution in [3.8, 4) is 11.3 Å². The van der Waals surface area contributed by atoms with E-state index in [0.29, 0.717) is 38.3 Å². The second-order valence-electron chi connectivity index (χ2n) is 8.27. The number of carbonyl (C=O) groups excluding carboxylic acids is 2. The minimum atomic E-state index is -0.940. The van der Waals surface area contributed by atoms with Gasteiger partial charge in [0.25, 0.3) is 0 Å². The molecule has 5 heteroatoms. The Kier molecular flexibility index (Phi) is 6.30. The SMILES string of the molecule is Cc1ccc(C(=O)[C@@H](C)OC(=O)c2c(C)c(-c3ccc(C)cc3)nc3ccc(Cl)cc23)cc1. The third-order valence-corrected chi connectivity index (χ3v) is 5.94. The van der Waals surface area contributed by atoms with Crippen molar-refractivity contribution in [2.45, 2.75) is 33.8 Å². The molecule has 1 heterocycles. The Morgan fingerprint density at radius 2 is 1.48 bits per heavy atom. The Hall–Kier alpha value is -3.50. The molecule has 0 saturated carbocycles. The minimum Gasteiger partial charge on any atom is -0.451 e. The van der Waals surface area contributed by atoms with Gasteiger partial charge < -0.3 is 4.74 Å². The van der Waals surface area contributed by atoms with Crippen LogP contribution in [0.5, 0.6) is 0 Å². The summed E-state index contributed by atoms with van der Waals surface area (Å²) in [6, 6.07) is 20.4. The average molecular weight is 458 g/mol. The molecule has 0 unspecified atom stereocenters. The fourth-order valence-corrected chi connectivity index (χ4v) is 3.98. The molecule has 0 N–H and O–H groups in total. The van der Waals surface area contributed by atoms with Gasteiger partial charge in [0, 0.05) is 21.5 Å². The predicted molar refractivity (Wildman–Crippen MR) is 132 cm³/mol. The first-order chi connectivity index (χ1) is 15.7. The highest BCUT2D eigenvalue weighted by molar-refractivity contribution is 6.31. The summed E-state index contributed by atoms with van der Waals surface area (Å²) in [5, 5.41) is 1.08. The van der Waals surface area contributed by atoms with Crippen LogP contribution < -0.4 is 0 Å².